The molecular formula is C15H23ClN2O3S. The van der Waals surface area contributed by atoms with Crippen LogP contribution in [0.1, 0.15) is 27.2 Å². The Labute approximate surface area is 137 Å². The third kappa shape index (κ3) is 5.94. The zero-order valence-electron chi connectivity index (χ0n) is 13.2. The van der Waals surface area contributed by atoms with Crippen molar-refractivity contribution in [2.45, 2.75) is 32.1 Å². The van der Waals surface area contributed by atoms with Crippen molar-refractivity contribution < 1.29 is 13.2 Å². The molecule has 22 heavy (non-hydrogen) atoms. The number of halogens is 1. The minimum atomic E-state index is -3.66. The van der Waals surface area contributed by atoms with E-state index in [1.807, 2.05) is 0 Å². The summed E-state index contributed by atoms with van der Waals surface area (Å²) in [5.74, 6) is 0.430. The van der Waals surface area contributed by atoms with E-state index in [0.29, 0.717) is 19.0 Å². The van der Waals surface area contributed by atoms with Crippen LogP contribution in [-0.2, 0) is 14.8 Å². The maximum absolute atomic E-state index is 12.2. The summed E-state index contributed by atoms with van der Waals surface area (Å²) in [5, 5.41) is 0.179. The monoisotopic (exact) mass is 346 g/mol. The molecule has 7 heteroatoms. The molecule has 0 saturated heterocycles. The summed E-state index contributed by atoms with van der Waals surface area (Å²) in [7, 11) is -3.66. The van der Waals surface area contributed by atoms with Crippen molar-refractivity contribution in [3.8, 4) is 0 Å². The maximum Gasteiger partial charge on any atom is 0.242 e. The lowest BCUT2D eigenvalue weighted by molar-refractivity contribution is -0.128. The number of nitrogens with one attached hydrogen (secondary N) is 1. The molecule has 0 aliphatic rings. The Kier molecular flexibility index (Phi) is 7.32. The number of nitrogens with zero attached hydrogens (tertiary/aromatic N) is 1. The van der Waals surface area contributed by atoms with Crippen molar-refractivity contribution in [2.24, 2.45) is 5.92 Å². The minimum absolute atomic E-state index is 0.0493. The van der Waals surface area contributed by atoms with Crippen LogP contribution in [-0.4, -0.2) is 38.9 Å². The van der Waals surface area contributed by atoms with Crippen LogP contribution in [0.3, 0.4) is 0 Å². The molecule has 0 atom stereocenters. The molecule has 0 spiro atoms. The summed E-state index contributed by atoms with van der Waals surface area (Å²) in [5.41, 5.74) is 0. The van der Waals surface area contributed by atoms with E-state index in [9.17, 15) is 13.2 Å². The van der Waals surface area contributed by atoms with E-state index < -0.39 is 10.0 Å². The zero-order chi connectivity index (χ0) is 16.8. The molecule has 0 saturated carbocycles. The lowest BCUT2D eigenvalue weighted by Gasteiger charge is -2.22. The van der Waals surface area contributed by atoms with Gasteiger partial charge in [0.1, 0.15) is 4.90 Å². The van der Waals surface area contributed by atoms with Gasteiger partial charge in [0.05, 0.1) is 5.02 Å². The van der Waals surface area contributed by atoms with Gasteiger partial charge in [-0.3, -0.25) is 4.79 Å². The Morgan fingerprint density at radius 2 is 1.91 bits per heavy atom. The fraction of sp³-hybridized carbons (Fsp3) is 0.533. The molecule has 1 amide bonds. The molecule has 1 aromatic carbocycles. The van der Waals surface area contributed by atoms with E-state index in [-0.39, 0.29) is 22.4 Å². The van der Waals surface area contributed by atoms with Gasteiger partial charge in [0.15, 0.2) is 0 Å². The Hall–Kier alpha value is -1.11. The van der Waals surface area contributed by atoms with Crippen LogP contribution in [0, 0.1) is 5.92 Å². The van der Waals surface area contributed by atoms with Gasteiger partial charge in [-0.1, -0.05) is 37.6 Å². The lowest BCUT2D eigenvalue weighted by Crippen LogP contribution is -2.38. The molecule has 0 aliphatic heterocycles. The third-order valence-electron chi connectivity index (χ3n) is 3.22. The second kappa shape index (κ2) is 8.50. The van der Waals surface area contributed by atoms with Crippen molar-refractivity contribution in [1.29, 1.82) is 0 Å². The van der Waals surface area contributed by atoms with Crippen molar-refractivity contribution in [3.05, 3.63) is 29.3 Å². The molecule has 0 aromatic heterocycles. The summed E-state index contributed by atoms with van der Waals surface area (Å²) < 4.78 is 26.8. The van der Waals surface area contributed by atoms with Crippen molar-refractivity contribution in [2.75, 3.05) is 19.6 Å². The number of sulfonamides is 1. The molecule has 0 aliphatic carbocycles. The number of carbonyl (C=O) groups is 1. The first-order valence-electron chi connectivity index (χ1n) is 7.23. The standard InChI is InChI=1S/C15H23ClN2O3S/c1-12(2)8-10-18(13(3)19)11-9-17-22(20,21)15-7-5-4-6-14(15)16/h4-7,12,17H,8-11H2,1-3H3. The van der Waals surface area contributed by atoms with Gasteiger partial charge in [-0.25, -0.2) is 13.1 Å². The van der Waals surface area contributed by atoms with Crippen LogP contribution < -0.4 is 4.72 Å². The highest BCUT2D eigenvalue weighted by Crippen LogP contribution is 2.19. The Morgan fingerprint density at radius 3 is 2.45 bits per heavy atom. The van der Waals surface area contributed by atoms with Crippen LogP contribution in [0.15, 0.2) is 29.2 Å². The first kappa shape index (κ1) is 18.9. The van der Waals surface area contributed by atoms with E-state index in [1.54, 1.807) is 17.0 Å². The van der Waals surface area contributed by atoms with Gasteiger partial charge in [0, 0.05) is 26.6 Å². The number of hydrogen-bond acceptors (Lipinski definition) is 3. The van der Waals surface area contributed by atoms with Gasteiger partial charge in [-0.15, -0.1) is 0 Å². The quantitative estimate of drug-likeness (QED) is 0.786. The van der Waals surface area contributed by atoms with Crippen LogP contribution in [0.25, 0.3) is 0 Å². The largest absolute Gasteiger partial charge is 0.342 e. The Balaban J connectivity index is 2.61. The van der Waals surface area contributed by atoms with E-state index in [1.165, 1.54) is 19.1 Å². The minimum Gasteiger partial charge on any atom is -0.342 e. The van der Waals surface area contributed by atoms with E-state index in [0.717, 1.165) is 6.42 Å². The molecule has 1 aromatic rings. The normalized spacial score (nSPS) is 11.7. The van der Waals surface area contributed by atoms with Gasteiger partial charge in [-0.2, -0.15) is 0 Å². The molecule has 0 unspecified atom stereocenters. The van der Waals surface area contributed by atoms with Gasteiger partial charge >= 0.3 is 0 Å². The Bertz CT molecular complexity index is 603. The predicted octanol–water partition coefficient (Wildman–Crippen LogP) is 2.51. The number of carbonyl (C=O) groups excluding carboxylic acids is 1. The van der Waals surface area contributed by atoms with Crippen LogP contribution in [0.4, 0.5) is 0 Å². The summed E-state index contributed by atoms with van der Waals surface area (Å²) in [6, 6.07) is 6.27. The molecule has 0 heterocycles. The fourth-order valence-electron chi connectivity index (χ4n) is 1.90. The summed E-state index contributed by atoms with van der Waals surface area (Å²) in [4.78, 5) is 13.3. The second-order valence-corrected chi connectivity index (χ2v) is 7.66. The van der Waals surface area contributed by atoms with Crippen molar-refractivity contribution in [3.63, 3.8) is 0 Å². The van der Waals surface area contributed by atoms with Gasteiger partial charge < -0.3 is 4.90 Å². The van der Waals surface area contributed by atoms with Crippen LogP contribution >= 0.6 is 11.6 Å². The van der Waals surface area contributed by atoms with Gasteiger partial charge in [0.25, 0.3) is 0 Å². The molecule has 124 valence electrons. The molecule has 5 nitrogen and oxygen atoms in total. The number of hydrogen-bond donors (Lipinski definition) is 1. The molecule has 1 rings (SSSR count). The highest BCUT2D eigenvalue weighted by atomic mass is 35.5. The van der Waals surface area contributed by atoms with Crippen LogP contribution in [0.5, 0.6) is 0 Å². The first-order chi connectivity index (χ1) is 10.2. The molecular weight excluding hydrogens is 324 g/mol. The van der Waals surface area contributed by atoms with Crippen molar-refractivity contribution >= 4 is 27.5 Å². The molecule has 0 fully saturated rings. The highest BCUT2D eigenvalue weighted by Gasteiger charge is 2.17. The summed E-state index contributed by atoms with van der Waals surface area (Å²) in [6.07, 6.45) is 0.886. The average Bonchev–Trinajstić information content (AvgIpc) is 2.42. The molecule has 0 radical (unpaired) electrons. The topological polar surface area (TPSA) is 66.5 Å². The maximum atomic E-state index is 12.2. The van der Waals surface area contributed by atoms with Crippen molar-refractivity contribution in [1.82, 2.24) is 9.62 Å². The number of rotatable bonds is 8. The van der Waals surface area contributed by atoms with E-state index in [2.05, 4.69) is 18.6 Å². The SMILES string of the molecule is CC(=O)N(CCNS(=O)(=O)c1ccccc1Cl)CCC(C)C. The highest BCUT2D eigenvalue weighted by molar-refractivity contribution is 7.89. The van der Waals surface area contributed by atoms with Crippen LogP contribution in [0.2, 0.25) is 5.02 Å². The zero-order valence-corrected chi connectivity index (χ0v) is 14.7. The third-order valence-corrected chi connectivity index (χ3v) is 5.18. The predicted molar refractivity (Wildman–Crippen MR) is 88.3 cm³/mol. The average molecular weight is 347 g/mol. The Morgan fingerprint density at radius 1 is 1.27 bits per heavy atom. The first-order valence-corrected chi connectivity index (χ1v) is 9.10. The van der Waals surface area contributed by atoms with E-state index >= 15 is 0 Å². The number of benzene rings is 1. The van der Waals surface area contributed by atoms with Gasteiger partial charge in [0.2, 0.25) is 15.9 Å². The fourth-order valence-corrected chi connectivity index (χ4v) is 3.43. The van der Waals surface area contributed by atoms with E-state index in [4.69, 9.17) is 11.6 Å². The number of amides is 1. The second-order valence-electron chi connectivity index (χ2n) is 5.52. The summed E-state index contributed by atoms with van der Waals surface area (Å²) >= 11 is 5.90. The molecule has 1 N–H and O–H groups in total. The molecule has 0 bridgehead atoms. The van der Waals surface area contributed by atoms with Gasteiger partial charge in [-0.05, 0) is 24.5 Å². The smallest absolute Gasteiger partial charge is 0.242 e. The lowest BCUT2D eigenvalue weighted by atomic mass is 10.1. The summed E-state index contributed by atoms with van der Waals surface area (Å²) in [6.45, 7) is 6.78.